The summed E-state index contributed by atoms with van der Waals surface area (Å²) in [6.45, 7) is 0. The number of ether oxygens (including phenoxy) is 3. The van der Waals surface area contributed by atoms with E-state index in [1.54, 1.807) is 84.9 Å². The first-order valence-corrected chi connectivity index (χ1v) is 15.1. The van der Waals surface area contributed by atoms with Crippen LogP contribution in [0.3, 0.4) is 0 Å². The lowest BCUT2D eigenvalue weighted by atomic mass is 10.1. The van der Waals surface area contributed by atoms with E-state index >= 15 is 0 Å². The normalized spacial score (nSPS) is 10.9. The van der Waals surface area contributed by atoms with Gasteiger partial charge in [0.25, 0.3) is 11.8 Å². The number of carbonyl (C=O) groups excluding carboxylic acids is 3. The Morgan fingerprint density at radius 2 is 1.47 bits per heavy atom. The maximum atomic E-state index is 13.5. The Kier molecular flexibility index (Phi) is 11.7. The van der Waals surface area contributed by atoms with Gasteiger partial charge in [0.05, 0.1) is 37.8 Å². The summed E-state index contributed by atoms with van der Waals surface area (Å²) in [4.78, 5) is 39.7. The molecule has 4 aromatic carbocycles. The predicted octanol–water partition coefficient (Wildman–Crippen LogP) is 7.16. The van der Waals surface area contributed by atoms with E-state index in [0.29, 0.717) is 49.8 Å². The molecule has 45 heavy (non-hydrogen) atoms. The van der Waals surface area contributed by atoms with E-state index in [0.717, 1.165) is 4.90 Å². The van der Waals surface area contributed by atoms with Gasteiger partial charge in [0.2, 0.25) is 11.7 Å². The number of halogens is 2. The Hall–Kier alpha value is -4.64. The SMILES string of the molecule is COc1cc(/C=C(\NC(=O)c2ccccc2)C(=O)Nc2ccc(SCC(=O)Nc3ccc(Cl)cc3Cl)cc2)cc(OC)c1OC. The number of methoxy groups -OCH3 is 3. The maximum Gasteiger partial charge on any atom is 0.272 e. The minimum Gasteiger partial charge on any atom is -0.493 e. The van der Waals surface area contributed by atoms with Crippen molar-refractivity contribution in [2.45, 2.75) is 4.90 Å². The van der Waals surface area contributed by atoms with Crippen molar-refractivity contribution in [3.8, 4) is 17.2 Å². The molecule has 9 nitrogen and oxygen atoms in total. The van der Waals surface area contributed by atoms with Crippen molar-refractivity contribution in [1.82, 2.24) is 5.32 Å². The Morgan fingerprint density at radius 1 is 0.800 bits per heavy atom. The third-order valence-electron chi connectivity index (χ3n) is 6.21. The van der Waals surface area contributed by atoms with Crippen LogP contribution < -0.4 is 30.2 Å². The number of hydrogen-bond donors (Lipinski definition) is 3. The third kappa shape index (κ3) is 9.18. The molecule has 232 valence electrons. The lowest BCUT2D eigenvalue weighted by Crippen LogP contribution is -2.30. The topological polar surface area (TPSA) is 115 Å². The van der Waals surface area contributed by atoms with Gasteiger partial charge >= 0.3 is 0 Å². The molecule has 0 saturated carbocycles. The van der Waals surface area contributed by atoms with Gasteiger partial charge in [0.15, 0.2) is 11.5 Å². The van der Waals surface area contributed by atoms with Crippen LogP contribution in [-0.4, -0.2) is 44.8 Å². The van der Waals surface area contributed by atoms with Gasteiger partial charge in [-0.05, 0) is 78.4 Å². The molecule has 0 radical (unpaired) electrons. The highest BCUT2D eigenvalue weighted by Gasteiger charge is 2.18. The third-order valence-corrected chi connectivity index (χ3v) is 7.77. The van der Waals surface area contributed by atoms with Crippen molar-refractivity contribution in [3.63, 3.8) is 0 Å². The van der Waals surface area contributed by atoms with E-state index in [1.165, 1.54) is 39.2 Å². The Labute approximate surface area is 274 Å². The van der Waals surface area contributed by atoms with Crippen LogP contribution in [0, 0.1) is 0 Å². The molecule has 0 aromatic heterocycles. The van der Waals surface area contributed by atoms with Crippen molar-refractivity contribution in [2.24, 2.45) is 0 Å². The zero-order valence-electron chi connectivity index (χ0n) is 24.5. The van der Waals surface area contributed by atoms with Gasteiger partial charge in [-0.3, -0.25) is 14.4 Å². The summed E-state index contributed by atoms with van der Waals surface area (Å²) in [6, 6.07) is 23.6. The molecule has 0 fully saturated rings. The Bertz CT molecular complexity index is 1690. The van der Waals surface area contributed by atoms with Gasteiger partial charge in [-0.2, -0.15) is 0 Å². The minimum absolute atomic E-state index is 0.0193. The first-order chi connectivity index (χ1) is 21.7. The van der Waals surface area contributed by atoms with Gasteiger partial charge in [-0.25, -0.2) is 0 Å². The number of anilines is 2. The highest BCUT2D eigenvalue weighted by molar-refractivity contribution is 8.00. The molecule has 4 aromatic rings. The summed E-state index contributed by atoms with van der Waals surface area (Å²) in [5, 5.41) is 9.10. The largest absolute Gasteiger partial charge is 0.493 e. The Balaban J connectivity index is 1.49. The van der Waals surface area contributed by atoms with Gasteiger partial charge in [0, 0.05) is 21.2 Å². The summed E-state index contributed by atoms with van der Waals surface area (Å²) >= 11 is 13.4. The second-order valence-corrected chi connectivity index (χ2v) is 11.2. The highest BCUT2D eigenvalue weighted by Crippen LogP contribution is 2.38. The van der Waals surface area contributed by atoms with E-state index in [2.05, 4.69) is 16.0 Å². The van der Waals surface area contributed by atoms with Crippen molar-refractivity contribution >= 4 is 70.1 Å². The lowest BCUT2D eigenvalue weighted by Gasteiger charge is -2.15. The van der Waals surface area contributed by atoms with Crippen LogP contribution in [0.2, 0.25) is 10.0 Å². The van der Waals surface area contributed by atoms with Crippen molar-refractivity contribution in [3.05, 3.63) is 112 Å². The van der Waals surface area contributed by atoms with Crippen LogP contribution in [-0.2, 0) is 9.59 Å². The molecule has 0 aliphatic carbocycles. The fourth-order valence-electron chi connectivity index (χ4n) is 4.05. The lowest BCUT2D eigenvalue weighted by molar-refractivity contribution is -0.114. The number of nitrogens with one attached hydrogen (secondary N) is 3. The average molecular weight is 667 g/mol. The number of benzene rings is 4. The molecule has 12 heteroatoms. The average Bonchev–Trinajstić information content (AvgIpc) is 3.05. The van der Waals surface area contributed by atoms with E-state index < -0.39 is 11.8 Å². The number of amides is 3. The summed E-state index contributed by atoms with van der Waals surface area (Å²) in [5.74, 6) is 0.0308. The summed E-state index contributed by atoms with van der Waals surface area (Å²) < 4.78 is 16.3. The van der Waals surface area contributed by atoms with Crippen LogP contribution in [0.25, 0.3) is 6.08 Å². The second kappa shape index (κ2) is 15.9. The second-order valence-electron chi connectivity index (χ2n) is 9.28. The standard InChI is InChI=1S/C33H29Cl2N3O6S/c1-42-28-16-20(17-29(43-2)31(28)44-3)15-27(38-32(40)21-7-5-4-6-8-21)33(41)36-23-10-12-24(13-11-23)45-19-30(39)37-26-14-9-22(34)18-25(26)35/h4-18H,19H2,1-3H3,(H,36,41)(H,37,39)(H,38,40)/b27-15-. The van der Waals surface area contributed by atoms with Gasteiger partial charge < -0.3 is 30.2 Å². The van der Waals surface area contributed by atoms with Crippen molar-refractivity contribution in [2.75, 3.05) is 37.7 Å². The first kappa shape index (κ1) is 33.3. The van der Waals surface area contributed by atoms with Crippen LogP contribution in [0.15, 0.2) is 95.5 Å². The Morgan fingerprint density at radius 3 is 2.07 bits per heavy atom. The molecule has 0 heterocycles. The molecular formula is C33H29Cl2N3O6S. The molecule has 0 aliphatic heterocycles. The monoisotopic (exact) mass is 665 g/mol. The van der Waals surface area contributed by atoms with Crippen molar-refractivity contribution in [1.29, 1.82) is 0 Å². The number of rotatable bonds is 12. The molecule has 0 bridgehead atoms. The fourth-order valence-corrected chi connectivity index (χ4v) is 5.21. The molecule has 0 saturated heterocycles. The zero-order chi connectivity index (χ0) is 32.3. The first-order valence-electron chi connectivity index (χ1n) is 13.4. The number of carbonyl (C=O) groups is 3. The van der Waals surface area contributed by atoms with Gasteiger partial charge in [0.1, 0.15) is 5.70 Å². The number of thioether (sulfide) groups is 1. The summed E-state index contributed by atoms with van der Waals surface area (Å²) in [7, 11) is 4.46. The highest BCUT2D eigenvalue weighted by atomic mass is 35.5. The summed E-state index contributed by atoms with van der Waals surface area (Å²) in [6.07, 6.45) is 1.51. The van der Waals surface area contributed by atoms with Gasteiger partial charge in [-0.1, -0.05) is 41.4 Å². The minimum atomic E-state index is -0.562. The predicted molar refractivity (Wildman–Crippen MR) is 179 cm³/mol. The molecule has 3 amide bonds. The molecule has 4 rings (SSSR count). The van der Waals surface area contributed by atoms with Crippen LogP contribution in [0.1, 0.15) is 15.9 Å². The van der Waals surface area contributed by atoms with E-state index in [9.17, 15) is 14.4 Å². The molecule has 0 unspecified atom stereocenters. The van der Waals surface area contributed by atoms with E-state index in [-0.39, 0.29) is 17.4 Å². The van der Waals surface area contributed by atoms with Crippen LogP contribution in [0.4, 0.5) is 11.4 Å². The van der Waals surface area contributed by atoms with E-state index in [1.807, 2.05) is 0 Å². The number of hydrogen-bond acceptors (Lipinski definition) is 7. The molecule has 0 atom stereocenters. The van der Waals surface area contributed by atoms with Crippen molar-refractivity contribution < 1.29 is 28.6 Å². The van der Waals surface area contributed by atoms with E-state index in [4.69, 9.17) is 37.4 Å². The smallest absolute Gasteiger partial charge is 0.272 e. The molecule has 3 N–H and O–H groups in total. The molecule has 0 aliphatic rings. The van der Waals surface area contributed by atoms with Gasteiger partial charge in [-0.15, -0.1) is 11.8 Å². The fraction of sp³-hybridized carbons (Fsp3) is 0.121. The summed E-state index contributed by atoms with van der Waals surface area (Å²) in [5.41, 5.74) is 1.83. The molecular weight excluding hydrogens is 637 g/mol. The maximum absolute atomic E-state index is 13.5. The molecule has 0 spiro atoms. The quantitative estimate of drug-likeness (QED) is 0.109. The van der Waals surface area contributed by atoms with Crippen LogP contribution >= 0.6 is 35.0 Å². The zero-order valence-corrected chi connectivity index (χ0v) is 26.8. The van der Waals surface area contributed by atoms with Crippen LogP contribution in [0.5, 0.6) is 17.2 Å².